The number of ether oxygens (including phenoxy) is 1. The lowest BCUT2D eigenvalue weighted by molar-refractivity contribution is 0.372. The first-order valence-corrected chi connectivity index (χ1v) is 5.11. The van der Waals surface area contributed by atoms with Gasteiger partial charge in [0.15, 0.2) is 11.5 Å². The molecule has 0 heterocycles. The molecule has 0 saturated carbocycles. The number of rotatable bonds is 3. The Kier molecular flexibility index (Phi) is 3.96. The number of benzene rings is 1. The number of phenols is 1. The van der Waals surface area contributed by atoms with Crippen molar-refractivity contribution in [2.45, 2.75) is 0 Å². The zero-order chi connectivity index (χ0) is 11.4. The number of hydrogen-bond donors (Lipinski definition) is 1. The van der Waals surface area contributed by atoms with Gasteiger partial charge in [-0.05, 0) is 33.6 Å². The quantitative estimate of drug-likeness (QED) is 0.677. The van der Waals surface area contributed by atoms with E-state index < -0.39 is 0 Å². The Hall–Kier alpha value is -1.23. The maximum Gasteiger partial charge on any atom is 0.172 e. The molecule has 0 spiro atoms. The van der Waals surface area contributed by atoms with Crippen LogP contribution in [0.3, 0.4) is 0 Å². The van der Waals surface area contributed by atoms with Gasteiger partial charge >= 0.3 is 0 Å². The number of aromatic hydroxyl groups is 1. The average molecular weight is 273 g/mol. The first kappa shape index (κ1) is 11.8. The lowest BCUT2D eigenvalue weighted by atomic mass is 10.2. The summed E-state index contributed by atoms with van der Waals surface area (Å²) in [5, 5.41) is 15.4. The van der Waals surface area contributed by atoms with Gasteiger partial charge in [0.2, 0.25) is 0 Å². The fourth-order valence-corrected chi connectivity index (χ4v) is 1.47. The van der Waals surface area contributed by atoms with Crippen LogP contribution in [0.4, 0.5) is 0 Å². The van der Waals surface area contributed by atoms with E-state index in [1.807, 2.05) is 14.1 Å². The third-order valence-corrected chi connectivity index (χ3v) is 2.31. The third kappa shape index (κ3) is 3.13. The second-order valence-electron chi connectivity index (χ2n) is 3.15. The highest BCUT2D eigenvalue weighted by Gasteiger charge is 2.07. The van der Waals surface area contributed by atoms with Gasteiger partial charge in [0.25, 0.3) is 0 Å². The number of hydrogen-bond acceptors (Lipinski definition) is 4. The van der Waals surface area contributed by atoms with Crippen molar-refractivity contribution in [2.75, 3.05) is 21.2 Å². The zero-order valence-corrected chi connectivity index (χ0v) is 10.4. The molecule has 0 fully saturated rings. The van der Waals surface area contributed by atoms with Crippen molar-refractivity contribution in [1.82, 2.24) is 5.01 Å². The van der Waals surface area contributed by atoms with E-state index in [0.29, 0.717) is 10.2 Å². The molecule has 0 amide bonds. The number of halogens is 1. The molecule has 0 atom stereocenters. The van der Waals surface area contributed by atoms with Crippen LogP contribution in [0.5, 0.6) is 11.5 Å². The van der Waals surface area contributed by atoms with Crippen LogP contribution in [0.2, 0.25) is 0 Å². The van der Waals surface area contributed by atoms with E-state index >= 15 is 0 Å². The van der Waals surface area contributed by atoms with Gasteiger partial charge in [0.05, 0.1) is 17.8 Å². The summed E-state index contributed by atoms with van der Waals surface area (Å²) in [6, 6.07) is 3.48. The fraction of sp³-hybridized carbons (Fsp3) is 0.300. The third-order valence-electron chi connectivity index (χ3n) is 1.71. The molecule has 0 aromatic heterocycles. The van der Waals surface area contributed by atoms with Crippen LogP contribution in [0.1, 0.15) is 5.56 Å². The fourth-order valence-electron chi connectivity index (χ4n) is 1.01. The average Bonchev–Trinajstić information content (AvgIpc) is 2.19. The SMILES string of the molecule is COc1cc(/C=N/N(C)C)cc(Br)c1O. The molecule has 0 saturated heterocycles. The Morgan fingerprint density at radius 2 is 2.13 bits per heavy atom. The molecule has 1 rings (SSSR count). The van der Waals surface area contributed by atoms with Crippen molar-refractivity contribution in [3.8, 4) is 11.5 Å². The number of nitrogens with zero attached hydrogens (tertiary/aromatic N) is 2. The van der Waals surface area contributed by atoms with Crippen molar-refractivity contribution in [3.63, 3.8) is 0 Å². The zero-order valence-electron chi connectivity index (χ0n) is 8.86. The first-order valence-electron chi connectivity index (χ1n) is 4.32. The van der Waals surface area contributed by atoms with Crippen LogP contribution < -0.4 is 4.74 Å². The van der Waals surface area contributed by atoms with Gasteiger partial charge in [0, 0.05) is 14.1 Å². The Morgan fingerprint density at radius 1 is 1.47 bits per heavy atom. The van der Waals surface area contributed by atoms with E-state index in [-0.39, 0.29) is 5.75 Å². The number of methoxy groups -OCH3 is 1. The van der Waals surface area contributed by atoms with E-state index in [1.165, 1.54) is 7.11 Å². The highest BCUT2D eigenvalue weighted by atomic mass is 79.9. The normalized spacial score (nSPS) is 10.7. The van der Waals surface area contributed by atoms with Crippen LogP contribution in [0.25, 0.3) is 0 Å². The molecular weight excluding hydrogens is 260 g/mol. The number of phenolic OH excluding ortho intramolecular Hbond substituents is 1. The minimum Gasteiger partial charge on any atom is -0.503 e. The molecule has 1 aromatic rings. The summed E-state index contributed by atoms with van der Waals surface area (Å²) in [4.78, 5) is 0. The highest BCUT2D eigenvalue weighted by Crippen LogP contribution is 2.34. The molecule has 5 heteroatoms. The van der Waals surface area contributed by atoms with Gasteiger partial charge in [-0.2, -0.15) is 5.10 Å². The van der Waals surface area contributed by atoms with E-state index in [0.717, 1.165) is 5.56 Å². The van der Waals surface area contributed by atoms with Crippen molar-refractivity contribution in [2.24, 2.45) is 5.10 Å². The predicted molar refractivity (Wildman–Crippen MR) is 63.6 cm³/mol. The molecule has 82 valence electrons. The van der Waals surface area contributed by atoms with Crippen molar-refractivity contribution in [3.05, 3.63) is 22.2 Å². The van der Waals surface area contributed by atoms with Gasteiger partial charge in [-0.15, -0.1) is 0 Å². The topological polar surface area (TPSA) is 45.1 Å². The van der Waals surface area contributed by atoms with Crippen molar-refractivity contribution < 1.29 is 9.84 Å². The summed E-state index contributed by atoms with van der Waals surface area (Å²) < 4.78 is 5.60. The van der Waals surface area contributed by atoms with E-state index in [9.17, 15) is 5.11 Å². The Balaban J connectivity index is 3.06. The Morgan fingerprint density at radius 3 is 2.67 bits per heavy atom. The molecule has 0 radical (unpaired) electrons. The van der Waals surface area contributed by atoms with Crippen LogP contribution in [-0.2, 0) is 0 Å². The summed E-state index contributed by atoms with van der Waals surface area (Å²) in [7, 11) is 5.18. The molecule has 0 aliphatic heterocycles. The standard InChI is InChI=1S/C10H13BrN2O2/c1-13(2)12-6-7-4-8(11)10(14)9(5-7)15-3/h4-6,14H,1-3H3/b12-6+. The minimum absolute atomic E-state index is 0.0968. The van der Waals surface area contributed by atoms with Crippen LogP contribution in [-0.4, -0.2) is 37.5 Å². The smallest absolute Gasteiger partial charge is 0.172 e. The molecule has 1 N–H and O–H groups in total. The van der Waals surface area contributed by atoms with Crippen molar-refractivity contribution in [1.29, 1.82) is 0 Å². The first-order chi connectivity index (χ1) is 7.04. The largest absolute Gasteiger partial charge is 0.503 e. The maximum absolute atomic E-state index is 9.57. The van der Waals surface area contributed by atoms with E-state index in [2.05, 4.69) is 21.0 Å². The summed E-state index contributed by atoms with van der Waals surface area (Å²) in [5.41, 5.74) is 0.852. The van der Waals surface area contributed by atoms with Gasteiger partial charge in [0.1, 0.15) is 0 Å². The summed E-state index contributed by atoms with van der Waals surface area (Å²) >= 11 is 3.24. The molecular formula is C10H13BrN2O2. The maximum atomic E-state index is 9.57. The summed E-state index contributed by atoms with van der Waals surface area (Å²) in [6.07, 6.45) is 1.69. The molecule has 1 aromatic carbocycles. The summed E-state index contributed by atoms with van der Waals surface area (Å²) in [5.74, 6) is 0.518. The lowest BCUT2D eigenvalue weighted by Crippen LogP contribution is -2.02. The monoisotopic (exact) mass is 272 g/mol. The molecule has 0 aliphatic rings. The van der Waals surface area contributed by atoms with Gasteiger partial charge < -0.3 is 14.9 Å². The van der Waals surface area contributed by atoms with Crippen LogP contribution in [0.15, 0.2) is 21.7 Å². The Bertz CT molecular complexity index is 378. The predicted octanol–water partition coefficient (Wildman–Crippen LogP) is 2.06. The second-order valence-corrected chi connectivity index (χ2v) is 4.00. The molecule has 15 heavy (non-hydrogen) atoms. The van der Waals surface area contributed by atoms with Crippen LogP contribution >= 0.6 is 15.9 Å². The second kappa shape index (κ2) is 5.02. The minimum atomic E-state index is 0.0968. The van der Waals surface area contributed by atoms with Crippen LogP contribution in [0, 0.1) is 0 Å². The number of hydrazone groups is 1. The van der Waals surface area contributed by atoms with E-state index in [4.69, 9.17) is 4.74 Å². The molecule has 0 unspecified atom stereocenters. The van der Waals surface area contributed by atoms with Gasteiger partial charge in [-0.1, -0.05) is 0 Å². The molecule has 0 aliphatic carbocycles. The van der Waals surface area contributed by atoms with Gasteiger partial charge in [-0.3, -0.25) is 0 Å². The molecule has 0 bridgehead atoms. The molecule has 4 nitrogen and oxygen atoms in total. The lowest BCUT2D eigenvalue weighted by Gasteiger charge is -2.07. The van der Waals surface area contributed by atoms with Gasteiger partial charge in [-0.25, -0.2) is 0 Å². The highest BCUT2D eigenvalue weighted by molar-refractivity contribution is 9.10. The van der Waals surface area contributed by atoms with E-state index in [1.54, 1.807) is 23.4 Å². The summed E-state index contributed by atoms with van der Waals surface area (Å²) in [6.45, 7) is 0. The van der Waals surface area contributed by atoms with Crippen molar-refractivity contribution >= 4 is 22.1 Å². The Labute approximate surface area is 97.3 Å².